The summed E-state index contributed by atoms with van der Waals surface area (Å²) in [5.41, 5.74) is 0.267. The van der Waals surface area contributed by atoms with Crippen molar-refractivity contribution in [2.24, 2.45) is 0 Å². The normalized spacial score (nSPS) is 9.88. The molecule has 0 unspecified atom stereocenters. The van der Waals surface area contributed by atoms with Crippen molar-refractivity contribution in [2.75, 3.05) is 13.7 Å². The topological polar surface area (TPSA) is 52.6 Å². The minimum Gasteiger partial charge on any atom is -0.481 e. The maximum atomic E-state index is 11.3. The Hall–Kier alpha value is -1.26. The van der Waals surface area contributed by atoms with Gasteiger partial charge < -0.3 is 9.47 Å². The molecule has 1 aromatic rings. The van der Waals surface area contributed by atoms with Crippen LogP contribution in [0.15, 0.2) is 12.1 Å². The summed E-state index contributed by atoms with van der Waals surface area (Å²) in [4.78, 5) is 22.3. The van der Waals surface area contributed by atoms with E-state index in [1.165, 1.54) is 26.2 Å². The largest absolute Gasteiger partial charge is 0.481 e. The highest BCUT2D eigenvalue weighted by Gasteiger charge is 2.13. The first-order chi connectivity index (χ1) is 7.95. The number of hydrogen-bond donors (Lipinski definition) is 0. The van der Waals surface area contributed by atoms with E-state index < -0.39 is 5.97 Å². The van der Waals surface area contributed by atoms with Crippen LogP contribution in [-0.2, 0) is 9.53 Å². The van der Waals surface area contributed by atoms with Crippen LogP contribution in [0.2, 0.25) is 10.0 Å². The van der Waals surface area contributed by atoms with Gasteiger partial charge in [0.25, 0.3) is 0 Å². The van der Waals surface area contributed by atoms with Crippen LogP contribution in [0.1, 0.15) is 17.3 Å². The van der Waals surface area contributed by atoms with Gasteiger partial charge in [0.1, 0.15) is 5.75 Å². The lowest BCUT2D eigenvalue weighted by Gasteiger charge is -2.10. The Morgan fingerprint density at radius 3 is 2.35 bits per heavy atom. The summed E-state index contributed by atoms with van der Waals surface area (Å²) < 4.78 is 9.57. The van der Waals surface area contributed by atoms with E-state index >= 15 is 0 Å². The Labute approximate surface area is 108 Å². The minimum absolute atomic E-state index is 0.206. The average molecular weight is 277 g/mol. The quantitative estimate of drug-likeness (QED) is 0.627. The van der Waals surface area contributed by atoms with Crippen LogP contribution in [0.25, 0.3) is 0 Å². The van der Waals surface area contributed by atoms with Crippen molar-refractivity contribution in [2.45, 2.75) is 6.92 Å². The molecule has 0 fully saturated rings. The molecule has 1 aromatic carbocycles. The van der Waals surface area contributed by atoms with Gasteiger partial charge in [-0.3, -0.25) is 4.79 Å². The molecular formula is C11H10Cl2O4. The molecule has 0 aromatic heterocycles. The van der Waals surface area contributed by atoms with Crippen molar-refractivity contribution in [1.82, 2.24) is 0 Å². The fourth-order valence-corrected chi connectivity index (χ4v) is 1.44. The zero-order valence-electron chi connectivity index (χ0n) is 9.25. The molecule has 0 heterocycles. The molecule has 0 amide bonds. The second-order valence-corrected chi connectivity index (χ2v) is 4.00. The Kier molecular flexibility index (Phi) is 4.78. The molecule has 92 valence electrons. The molecule has 0 bridgehead atoms. The number of rotatable bonds is 4. The number of Topliss-reactive ketones (excluding diaryl/α,β-unsaturated/α-hetero) is 1. The van der Waals surface area contributed by atoms with Crippen molar-refractivity contribution in [3.63, 3.8) is 0 Å². The van der Waals surface area contributed by atoms with Gasteiger partial charge in [-0.25, -0.2) is 4.79 Å². The summed E-state index contributed by atoms with van der Waals surface area (Å²) in [6.07, 6.45) is 0. The lowest BCUT2D eigenvalue weighted by molar-refractivity contribution is -0.142. The molecule has 0 radical (unpaired) electrons. The SMILES string of the molecule is COC(=O)COc1cc(Cl)c(Cl)cc1C(C)=O. The second kappa shape index (κ2) is 5.89. The molecule has 0 saturated heterocycles. The second-order valence-electron chi connectivity index (χ2n) is 3.18. The Morgan fingerprint density at radius 2 is 1.82 bits per heavy atom. The van der Waals surface area contributed by atoms with E-state index in [1.54, 1.807) is 0 Å². The van der Waals surface area contributed by atoms with E-state index in [1.807, 2.05) is 0 Å². The van der Waals surface area contributed by atoms with Crippen molar-refractivity contribution >= 4 is 35.0 Å². The van der Waals surface area contributed by atoms with E-state index in [2.05, 4.69) is 4.74 Å². The van der Waals surface area contributed by atoms with Gasteiger partial charge in [-0.15, -0.1) is 0 Å². The molecule has 6 heteroatoms. The smallest absolute Gasteiger partial charge is 0.343 e. The molecule has 0 aliphatic carbocycles. The minimum atomic E-state index is -0.550. The third-order valence-electron chi connectivity index (χ3n) is 1.97. The van der Waals surface area contributed by atoms with Crippen LogP contribution >= 0.6 is 23.2 Å². The number of methoxy groups -OCH3 is 1. The Balaban J connectivity index is 3.00. The lowest BCUT2D eigenvalue weighted by Crippen LogP contribution is -2.14. The van der Waals surface area contributed by atoms with E-state index in [4.69, 9.17) is 27.9 Å². The van der Waals surface area contributed by atoms with Gasteiger partial charge in [0.15, 0.2) is 12.4 Å². The third-order valence-corrected chi connectivity index (χ3v) is 2.70. The predicted octanol–water partition coefficient (Wildman–Crippen LogP) is 2.75. The first kappa shape index (κ1) is 13.8. The van der Waals surface area contributed by atoms with E-state index in [0.29, 0.717) is 0 Å². The van der Waals surface area contributed by atoms with Gasteiger partial charge in [-0.1, -0.05) is 23.2 Å². The molecule has 0 spiro atoms. The Bertz CT molecular complexity index is 457. The van der Waals surface area contributed by atoms with Crippen molar-refractivity contribution < 1.29 is 19.1 Å². The van der Waals surface area contributed by atoms with Gasteiger partial charge in [0.2, 0.25) is 0 Å². The number of hydrogen-bond acceptors (Lipinski definition) is 4. The van der Waals surface area contributed by atoms with Crippen molar-refractivity contribution in [3.8, 4) is 5.75 Å². The van der Waals surface area contributed by atoms with Crippen LogP contribution in [0.3, 0.4) is 0 Å². The molecule has 4 nitrogen and oxygen atoms in total. The maximum Gasteiger partial charge on any atom is 0.343 e. The number of carbonyl (C=O) groups is 2. The molecular weight excluding hydrogens is 267 g/mol. The summed E-state index contributed by atoms with van der Waals surface area (Å²) in [7, 11) is 1.24. The van der Waals surface area contributed by atoms with Gasteiger partial charge in [0.05, 0.1) is 22.7 Å². The first-order valence-electron chi connectivity index (χ1n) is 4.65. The zero-order chi connectivity index (χ0) is 13.0. The standard InChI is InChI=1S/C11H10Cl2O4/c1-6(14)7-3-8(12)9(13)4-10(7)17-5-11(15)16-2/h3-4H,5H2,1-2H3. The van der Waals surface area contributed by atoms with Crippen molar-refractivity contribution in [1.29, 1.82) is 0 Å². The average Bonchev–Trinajstić information content (AvgIpc) is 2.29. The highest BCUT2D eigenvalue weighted by atomic mass is 35.5. The monoisotopic (exact) mass is 276 g/mol. The summed E-state index contributed by atoms with van der Waals surface area (Å²) >= 11 is 11.6. The van der Waals surface area contributed by atoms with Gasteiger partial charge in [0, 0.05) is 6.07 Å². The predicted molar refractivity (Wildman–Crippen MR) is 64.0 cm³/mol. The molecule has 0 aliphatic rings. The number of halogens is 2. The summed E-state index contributed by atoms with van der Waals surface area (Å²) in [5, 5.41) is 0.499. The number of benzene rings is 1. The highest BCUT2D eigenvalue weighted by molar-refractivity contribution is 6.42. The van der Waals surface area contributed by atoms with Crippen LogP contribution in [0.5, 0.6) is 5.75 Å². The Morgan fingerprint density at radius 1 is 1.24 bits per heavy atom. The van der Waals surface area contributed by atoms with Gasteiger partial charge in [-0.05, 0) is 13.0 Å². The van der Waals surface area contributed by atoms with Crippen LogP contribution in [-0.4, -0.2) is 25.5 Å². The molecule has 0 atom stereocenters. The van der Waals surface area contributed by atoms with Gasteiger partial charge in [-0.2, -0.15) is 0 Å². The molecule has 0 aliphatic heterocycles. The van der Waals surface area contributed by atoms with E-state index in [9.17, 15) is 9.59 Å². The fourth-order valence-electron chi connectivity index (χ4n) is 1.12. The molecule has 0 N–H and O–H groups in total. The highest BCUT2D eigenvalue weighted by Crippen LogP contribution is 2.30. The summed E-state index contributed by atoms with van der Waals surface area (Å²) in [5.74, 6) is -0.577. The first-order valence-corrected chi connectivity index (χ1v) is 5.41. The lowest BCUT2D eigenvalue weighted by atomic mass is 10.1. The van der Waals surface area contributed by atoms with Crippen molar-refractivity contribution in [3.05, 3.63) is 27.7 Å². The molecule has 0 saturated carbocycles. The number of carbonyl (C=O) groups excluding carboxylic acids is 2. The molecule has 1 rings (SSSR count). The summed E-state index contributed by atoms with van der Waals surface area (Å²) in [6, 6.07) is 2.79. The van der Waals surface area contributed by atoms with Gasteiger partial charge >= 0.3 is 5.97 Å². The number of esters is 1. The number of ketones is 1. The fraction of sp³-hybridized carbons (Fsp3) is 0.273. The zero-order valence-corrected chi connectivity index (χ0v) is 10.8. The summed E-state index contributed by atoms with van der Waals surface area (Å²) in [6.45, 7) is 1.07. The van der Waals surface area contributed by atoms with Crippen LogP contribution < -0.4 is 4.74 Å². The van der Waals surface area contributed by atoms with E-state index in [-0.39, 0.29) is 33.7 Å². The van der Waals surface area contributed by atoms with Crippen LogP contribution in [0.4, 0.5) is 0 Å². The van der Waals surface area contributed by atoms with Crippen LogP contribution in [0, 0.1) is 0 Å². The third kappa shape index (κ3) is 3.61. The van der Waals surface area contributed by atoms with E-state index in [0.717, 1.165) is 0 Å². The number of ether oxygens (including phenoxy) is 2. The molecule has 17 heavy (non-hydrogen) atoms. The maximum absolute atomic E-state index is 11.3.